The summed E-state index contributed by atoms with van der Waals surface area (Å²) in [5.41, 5.74) is 1.21. The summed E-state index contributed by atoms with van der Waals surface area (Å²) in [7, 11) is 0. The van der Waals surface area contributed by atoms with E-state index in [0.717, 1.165) is 0 Å². The van der Waals surface area contributed by atoms with Crippen molar-refractivity contribution in [3.63, 3.8) is 0 Å². The normalized spacial score (nSPS) is 10.4. The molecule has 3 aromatic heterocycles. The monoisotopic (exact) mass is 257 g/mol. The van der Waals surface area contributed by atoms with Gasteiger partial charge in [0.25, 0.3) is 0 Å². The van der Waals surface area contributed by atoms with Gasteiger partial charge >= 0.3 is 0 Å². The Bertz CT molecular complexity index is 636. The zero-order valence-electron chi connectivity index (χ0n) is 9.09. The third-order valence-electron chi connectivity index (χ3n) is 2.53. The molecule has 4 rings (SSSR count). The zero-order chi connectivity index (χ0) is 11.5. The average molecular weight is 257 g/mol. The molecule has 0 aliphatic carbocycles. The smallest absolute Gasteiger partial charge is 0.0453 e. The van der Waals surface area contributed by atoms with Gasteiger partial charge in [-0.05, 0) is 40.4 Å². The third kappa shape index (κ3) is 2.25. The van der Waals surface area contributed by atoms with E-state index in [0.29, 0.717) is 0 Å². The van der Waals surface area contributed by atoms with Crippen LogP contribution >= 0.6 is 22.7 Å². The highest BCUT2D eigenvalue weighted by atomic mass is 32.1. The van der Waals surface area contributed by atoms with Crippen molar-refractivity contribution in [1.82, 2.24) is 4.98 Å². The lowest BCUT2D eigenvalue weighted by molar-refractivity contribution is 1.48. The number of aromatic amines is 1. The van der Waals surface area contributed by atoms with Gasteiger partial charge in [0.15, 0.2) is 0 Å². The van der Waals surface area contributed by atoms with Gasteiger partial charge in [-0.1, -0.05) is 18.2 Å². The minimum absolute atomic E-state index is 1.21. The van der Waals surface area contributed by atoms with Crippen LogP contribution in [0.3, 0.4) is 0 Å². The van der Waals surface area contributed by atoms with E-state index in [1.54, 1.807) is 22.7 Å². The number of aromatic nitrogens is 1. The van der Waals surface area contributed by atoms with Crippen molar-refractivity contribution < 1.29 is 0 Å². The topological polar surface area (TPSA) is 15.8 Å². The van der Waals surface area contributed by atoms with Gasteiger partial charge in [0.2, 0.25) is 0 Å². The van der Waals surface area contributed by atoms with Crippen LogP contribution in [0.15, 0.2) is 59.4 Å². The Labute approximate surface area is 107 Å². The Morgan fingerprint density at radius 2 is 1.47 bits per heavy atom. The molecule has 0 spiro atoms. The third-order valence-corrected chi connectivity index (χ3v) is 4.43. The maximum absolute atomic E-state index is 3.12. The molecule has 84 valence electrons. The van der Waals surface area contributed by atoms with E-state index in [2.05, 4.69) is 46.1 Å². The van der Waals surface area contributed by atoms with E-state index >= 15 is 0 Å². The second kappa shape index (κ2) is 4.73. The van der Waals surface area contributed by atoms with Gasteiger partial charge < -0.3 is 4.98 Å². The summed E-state index contributed by atoms with van der Waals surface area (Å²) in [6.07, 6.45) is 1.95. The summed E-state index contributed by atoms with van der Waals surface area (Å²) < 4.78 is 2.82. The molecule has 3 heterocycles. The molecule has 1 N–H and O–H groups in total. The molecular weight excluding hydrogens is 246 g/mol. The SMILES string of the molecule is c1cc2sccc2s1.c1ccc2[nH]ccc2c1. The number of thiophene rings is 2. The maximum Gasteiger partial charge on any atom is 0.0453 e. The highest BCUT2D eigenvalue weighted by Gasteiger charge is 1.90. The van der Waals surface area contributed by atoms with Crippen LogP contribution in [0.4, 0.5) is 0 Å². The van der Waals surface area contributed by atoms with Crippen LogP contribution in [0.25, 0.3) is 20.3 Å². The van der Waals surface area contributed by atoms with Crippen molar-refractivity contribution in [2.75, 3.05) is 0 Å². The van der Waals surface area contributed by atoms with E-state index in [4.69, 9.17) is 0 Å². The van der Waals surface area contributed by atoms with E-state index in [9.17, 15) is 0 Å². The van der Waals surface area contributed by atoms with E-state index in [1.165, 1.54) is 20.3 Å². The predicted molar refractivity (Wildman–Crippen MR) is 78.0 cm³/mol. The maximum atomic E-state index is 3.12. The van der Waals surface area contributed by atoms with Crippen LogP contribution in [-0.4, -0.2) is 4.98 Å². The van der Waals surface area contributed by atoms with Crippen LogP contribution < -0.4 is 0 Å². The number of hydrogen-bond acceptors (Lipinski definition) is 2. The van der Waals surface area contributed by atoms with E-state index < -0.39 is 0 Å². The number of fused-ring (bicyclic) bond motifs is 2. The lowest BCUT2D eigenvalue weighted by Crippen LogP contribution is -1.61. The van der Waals surface area contributed by atoms with Crippen molar-refractivity contribution in [1.29, 1.82) is 0 Å². The summed E-state index contributed by atoms with van der Waals surface area (Å²) >= 11 is 3.61. The number of hydrogen-bond donors (Lipinski definition) is 1. The highest BCUT2D eigenvalue weighted by Crippen LogP contribution is 2.25. The Morgan fingerprint density at radius 1 is 0.765 bits per heavy atom. The second-order valence-corrected chi connectivity index (χ2v) is 5.53. The zero-order valence-corrected chi connectivity index (χ0v) is 10.7. The lowest BCUT2D eigenvalue weighted by Gasteiger charge is -1.83. The lowest BCUT2D eigenvalue weighted by atomic mass is 10.3. The number of benzene rings is 1. The number of H-pyrrole nitrogens is 1. The highest BCUT2D eigenvalue weighted by molar-refractivity contribution is 7.25. The first-order chi connectivity index (χ1) is 8.43. The number of rotatable bonds is 0. The van der Waals surface area contributed by atoms with Gasteiger partial charge in [-0.15, -0.1) is 22.7 Å². The van der Waals surface area contributed by atoms with Crippen LogP contribution in [-0.2, 0) is 0 Å². The number of para-hydroxylation sites is 1. The van der Waals surface area contributed by atoms with Crippen molar-refractivity contribution in [2.45, 2.75) is 0 Å². The van der Waals surface area contributed by atoms with Gasteiger partial charge in [-0.2, -0.15) is 0 Å². The average Bonchev–Trinajstić information content (AvgIpc) is 3.06. The van der Waals surface area contributed by atoms with Gasteiger partial charge in [0.05, 0.1) is 0 Å². The first-order valence-corrected chi connectivity index (χ1v) is 7.12. The fourth-order valence-corrected chi connectivity index (χ4v) is 3.52. The Hall–Kier alpha value is -1.58. The molecule has 0 saturated carbocycles. The molecule has 0 atom stereocenters. The van der Waals surface area contributed by atoms with Crippen LogP contribution in [0.2, 0.25) is 0 Å². The van der Waals surface area contributed by atoms with Crippen molar-refractivity contribution >= 4 is 43.0 Å². The van der Waals surface area contributed by atoms with Crippen molar-refractivity contribution in [3.8, 4) is 0 Å². The fourth-order valence-electron chi connectivity index (χ4n) is 1.69. The molecule has 1 nitrogen and oxygen atoms in total. The van der Waals surface area contributed by atoms with Crippen molar-refractivity contribution in [2.24, 2.45) is 0 Å². The first-order valence-electron chi connectivity index (χ1n) is 5.36. The molecule has 0 radical (unpaired) electrons. The summed E-state index contributed by atoms with van der Waals surface area (Å²) in [6.45, 7) is 0. The summed E-state index contributed by atoms with van der Waals surface area (Å²) in [6, 6.07) is 14.6. The fraction of sp³-hybridized carbons (Fsp3) is 0. The number of nitrogens with one attached hydrogen (secondary N) is 1. The molecule has 0 unspecified atom stereocenters. The predicted octanol–water partition coefficient (Wildman–Crippen LogP) is 5.13. The summed E-state index contributed by atoms with van der Waals surface area (Å²) in [4.78, 5) is 3.12. The molecule has 0 bridgehead atoms. The molecule has 0 fully saturated rings. The Balaban J connectivity index is 0.000000107. The van der Waals surface area contributed by atoms with Gasteiger partial charge in [0.1, 0.15) is 0 Å². The van der Waals surface area contributed by atoms with Crippen LogP contribution in [0, 0.1) is 0 Å². The Kier molecular flexibility index (Phi) is 2.94. The Morgan fingerprint density at radius 3 is 2.18 bits per heavy atom. The molecule has 3 heteroatoms. The molecule has 0 aliphatic rings. The molecule has 0 saturated heterocycles. The van der Waals surface area contributed by atoms with Crippen LogP contribution in [0.5, 0.6) is 0 Å². The van der Waals surface area contributed by atoms with Gasteiger partial charge in [0, 0.05) is 21.1 Å². The minimum atomic E-state index is 1.21. The molecular formula is C14H11NS2. The largest absolute Gasteiger partial charge is 0.361 e. The standard InChI is InChI=1S/C8H7N.C6H4S2/c1-2-4-8-7(3-1)5-6-9-8;1-3-7-6-2-4-8-5(1)6/h1-6,9H;1-4H. The van der Waals surface area contributed by atoms with Crippen molar-refractivity contribution in [3.05, 3.63) is 59.4 Å². The second-order valence-electron chi connectivity index (χ2n) is 3.63. The van der Waals surface area contributed by atoms with Crippen LogP contribution in [0.1, 0.15) is 0 Å². The summed E-state index contributed by atoms with van der Waals surface area (Å²) in [5.74, 6) is 0. The molecule has 0 aliphatic heterocycles. The minimum Gasteiger partial charge on any atom is -0.361 e. The molecule has 17 heavy (non-hydrogen) atoms. The molecule has 4 aromatic rings. The quantitative estimate of drug-likeness (QED) is 0.449. The summed E-state index contributed by atoms with van der Waals surface area (Å²) in [5, 5.41) is 5.53. The van der Waals surface area contributed by atoms with Gasteiger partial charge in [-0.3, -0.25) is 0 Å². The van der Waals surface area contributed by atoms with Gasteiger partial charge in [-0.25, -0.2) is 0 Å². The van der Waals surface area contributed by atoms with E-state index in [1.807, 2.05) is 18.3 Å². The molecule has 0 amide bonds. The first kappa shape index (κ1) is 10.6. The van der Waals surface area contributed by atoms with E-state index in [-0.39, 0.29) is 0 Å². The molecule has 1 aromatic carbocycles.